The maximum absolute atomic E-state index is 13.6. The van der Waals surface area contributed by atoms with E-state index in [1.807, 2.05) is 54.2 Å². The molecule has 0 amide bonds. The molecule has 3 aliphatic heterocycles. The van der Waals surface area contributed by atoms with E-state index in [1.165, 1.54) is 4.90 Å². The van der Waals surface area contributed by atoms with Gasteiger partial charge in [0.25, 0.3) is 0 Å². The first-order valence-corrected chi connectivity index (χ1v) is 13.2. The summed E-state index contributed by atoms with van der Waals surface area (Å²) in [6.07, 6.45) is 1.99. The number of nitrogens with zero attached hydrogens (tertiary/aromatic N) is 1. The monoisotopic (exact) mass is 474 g/mol. The van der Waals surface area contributed by atoms with Crippen LogP contribution >= 0.6 is 11.8 Å². The van der Waals surface area contributed by atoms with Crippen LogP contribution in [0.1, 0.15) is 24.0 Å². The third kappa shape index (κ3) is 4.65. The van der Waals surface area contributed by atoms with Crippen LogP contribution in [0, 0.1) is 5.92 Å². The first kappa shape index (κ1) is 23.2. The molecule has 5 heteroatoms. The van der Waals surface area contributed by atoms with Crippen LogP contribution in [0.25, 0.3) is 0 Å². The number of piperidine rings is 3. The summed E-state index contributed by atoms with van der Waals surface area (Å²) in [6.45, 7) is 4.21. The minimum atomic E-state index is -1.82. The molecule has 4 nitrogen and oxygen atoms in total. The molecule has 1 atom stereocenters. The van der Waals surface area contributed by atoms with Crippen molar-refractivity contribution in [2.45, 2.75) is 29.4 Å². The fraction of sp³-hybridized carbons (Fsp3) is 0.345. The number of ether oxygens (including phenoxy) is 1. The molecule has 3 heterocycles. The van der Waals surface area contributed by atoms with Gasteiger partial charge in [-0.3, -0.25) is 0 Å². The standard InChI is InChI=1S/C29H32NO3S/c31-28(29(32,24-10-4-1-5-11-24)25-12-6-2-7-13-25)33-27-22-30(18-16-23(27)17-19-30)20-21-34-26-14-8-3-9-15-26/h1-15,23,27,32H,16-22H2/q+1. The van der Waals surface area contributed by atoms with Gasteiger partial charge in [0.05, 0.1) is 19.6 Å². The summed E-state index contributed by atoms with van der Waals surface area (Å²) in [5.41, 5.74) is -0.742. The number of hydrogen-bond donors (Lipinski definition) is 1. The van der Waals surface area contributed by atoms with Gasteiger partial charge in [-0.1, -0.05) is 78.9 Å². The Morgan fingerprint density at radius 3 is 1.97 bits per heavy atom. The van der Waals surface area contributed by atoms with Crippen LogP contribution < -0.4 is 0 Å². The Kier molecular flexibility index (Phi) is 6.77. The number of hydrogen-bond acceptors (Lipinski definition) is 4. The summed E-state index contributed by atoms with van der Waals surface area (Å²) in [5, 5.41) is 11.8. The summed E-state index contributed by atoms with van der Waals surface area (Å²) in [4.78, 5) is 14.9. The number of rotatable bonds is 8. The fourth-order valence-electron chi connectivity index (χ4n) is 5.53. The molecule has 0 radical (unpaired) electrons. The van der Waals surface area contributed by atoms with Crippen molar-refractivity contribution < 1.29 is 19.1 Å². The number of benzene rings is 3. The fourth-order valence-corrected chi connectivity index (χ4v) is 6.59. The molecule has 34 heavy (non-hydrogen) atoms. The molecule has 3 aromatic carbocycles. The average molecular weight is 475 g/mol. The van der Waals surface area contributed by atoms with Gasteiger partial charge < -0.3 is 14.3 Å². The van der Waals surface area contributed by atoms with Crippen LogP contribution in [-0.4, -0.2) is 53.6 Å². The lowest BCUT2D eigenvalue weighted by Gasteiger charge is -2.52. The molecule has 0 aliphatic carbocycles. The highest BCUT2D eigenvalue weighted by atomic mass is 32.2. The Hall–Kier alpha value is -2.60. The number of aliphatic hydroxyl groups is 1. The van der Waals surface area contributed by atoms with Crippen LogP contribution in [0.15, 0.2) is 95.9 Å². The van der Waals surface area contributed by atoms with Crippen molar-refractivity contribution in [1.82, 2.24) is 0 Å². The van der Waals surface area contributed by atoms with Gasteiger partial charge in [-0.25, -0.2) is 4.79 Å². The molecule has 1 N–H and O–H groups in total. The minimum absolute atomic E-state index is 0.157. The van der Waals surface area contributed by atoms with E-state index in [9.17, 15) is 9.90 Å². The highest BCUT2D eigenvalue weighted by Crippen LogP contribution is 2.38. The second-order valence-corrected chi connectivity index (χ2v) is 10.7. The summed E-state index contributed by atoms with van der Waals surface area (Å²) in [5.74, 6) is 0.856. The lowest BCUT2D eigenvalue weighted by molar-refractivity contribution is -0.943. The van der Waals surface area contributed by atoms with Crippen molar-refractivity contribution in [2.24, 2.45) is 5.92 Å². The normalized spacial score (nSPS) is 24.0. The van der Waals surface area contributed by atoms with E-state index in [2.05, 4.69) is 24.3 Å². The van der Waals surface area contributed by atoms with Crippen LogP contribution in [0.5, 0.6) is 0 Å². The molecule has 3 aliphatic rings. The van der Waals surface area contributed by atoms with Crippen molar-refractivity contribution >= 4 is 17.7 Å². The molecular weight excluding hydrogens is 442 g/mol. The highest BCUT2D eigenvalue weighted by Gasteiger charge is 2.50. The van der Waals surface area contributed by atoms with Crippen LogP contribution in [0.4, 0.5) is 0 Å². The number of carbonyl (C=O) groups is 1. The van der Waals surface area contributed by atoms with E-state index in [-0.39, 0.29) is 6.10 Å². The van der Waals surface area contributed by atoms with Crippen molar-refractivity contribution in [3.8, 4) is 0 Å². The van der Waals surface area contributed by atoms with Gasteiger partial charge in [-0.15, -0.1) is 11.8 Å². The van der Waals surface area contributed by atoms with Crippen LogP contribution in [-0.2, 0) is 15.1 Å². The predicted molar refractivity (Wildman–Crippen MR) is 135 cm³/mol. The molecular formula is C29H32NO3S+. The Labute approximate surface area is 206 Å². The minimum Gasteiger partial charge on any atom is -0.453 e. The highest BCUT2D eigenvalue weighted by molar-refractivity contribution is 7.99. The third-order valence-electron chi connectivity index (χ3n) is 7.56. The van der Waals surface area contributed by atoms with E-state index in [4.69, 9.17) is 4.74 Å². The summed E-state index contributed by atoms with van der Waals surface area (Å²) < 4.78 is 7.18. The Balaban J connectivity index is 1.31. The van der Waals surface area contributed by atoms with Gasteiger partial charge in [-0.2, -0.15) is 0 Å². The average Bonchev–Trinajstić information content (AvgIpc) is 2.90. The van der Waals surface area contributed by atoms with E-state index >= 15 is 0 Å². The first-order chi connectivity index (χ1) is 16.6. The number of quaternary nitrogens is 1. The molecule has 1 unspecified atom stereocenters. The van der Waals surface area contributed by atoms with Gasteiger partial charge >= 0.3 is 5.97 Å². The van der Waals surface area contributed by atoms with E-state index in [1.54, 1.807) is 24.3 Å². The quantitative estimate of drug-likeness (QED) is 0.288. The lowest BCUT2D eigenvalue weighted by atomic mass is 9.82. The van der Waals surface area contributed by atoms with Gasteiger partial charge in [0.15, 0.2) is 6.10 Å². The zero-order valence-corrected chi connectivity index (χ0v) is 20.2. The second kappa shape index (κ2) is 9.95. The Morgan fingerprint density at radius 1 is 0.882 bits per heavy atom. The van der Waals surface area contributed by atoms with Crippen molar-refractivity contribution in [1.29, 1.82) is 0 Å². The van der Waals surface area contributed by atoms with Gasteiger partial charge in [-0.05, 0) is 23.3 Å². The zero-order chi connectivity index (χ0) is 23.4. The number of esters is 1. The van der Waals surface area contributed by atoms with Gasteiger partial charge in [0.1, 0.15) is 6.54 Å². The topological polar surface area (TPSA) is 46.5 Å². The SMILES string of the molecule is O=C(OC1C[N+]2(CCSc3ccccc3)CCC1CC2)C(O)(c1ccccc1)c1ccccc1. The lowest BCUT2D eigenvalue weighted by Crippen LogP contribution is -2.65. The maximum atomic E-state index is 13.6. The van der Waals surface area contributed by atoms with E-state index < -0.39 is 11.6 Å². The Morgan fingerprint density at radius 2 is 1.41 bits per heavy atom. The molecule has 0 aromatic heterocycles. The molecule has 176 valence electrons. The molecule has 0 spiro atoms. The van der Waals surface area contributed by atoms with Gasteiger partial charge in [0, 0.05) is 29.4 Å². The molecule has 3 saturated heterocycles. The molecule has 3 fully saturated rings. The molecule has 3 aromatic rings. The third-order valence-corrected chi connectivity index (χ3v) is 8.55. The number of carbonyl (C=O) groups excluding carboxylic acids is 1. The predicted octanol–water partition coefficient (Wildman–Crippen LogP) is 4.87. The van der Waals surface area contributed by atoms with Crippen molar-refractivity contribution in [2.75, 3.05) is 31.9 Å². The van der Waals surface area contributed by atoms with Crippen LogP contribution in [0.2, 0.25) is 0 Å². The van der Waals surface area contributed by atoms with Crippen LogP contribution in [0.3, 0.4) is 0 Å². The summed E-state index contributed by atoms with van der Waals surface area (Å²) in [6, 6.07) is 28.8. The summed E-state index contributed by atoms with van der Waals surface area (Å²) >= 11 is 1.90. The second-order valence-electron chi connectivity index (χ2n) is 9.58. The molecule has 0 saturated carbocycles. The maximum Gasteiger partial charge on any atom is 0.348 e. The summed E-state index contributed by atoms with van der Waals surface area (Å²) in [7, 11) is 0. The van der Waals surface area contributed by atoms with Gasteiger partial charge in [0.2, 0.25) is 5.60 Å². The zero-order valence-electron chi connectivity index (χ0n) is 19.4. The number of thioether (sulfide) groups is 1. The van der Waals surface area contributed by atoms with Crippen molar-refractivity contribution in [3.63, 3.8) is 0 Å². The molecule has 6 rings (SSSR count). The van der Waals surface area contributed by atoms with E-state index in [0.29, 0.717) is 17.0 Å². The van der Waals surface area contributed by atoms with E-state index in [0.717, 1.165) is 49.3 Å². The largest absolute Gasteiger partial charge is 0.453 e. The smallest absolute Gasteiger partial charge is 0.348 e. The number of fused-ring (bicyclic) bond motifs is 3. The molecule has 2 bridgehead atoms. The van der Waals surface area contributed by atoms with Crippen molar-refractivity contribution in [3.05, 3.63) is 102 Å². The first-order valence-electron chi connectivity index (χ1n) is 12.2. The Bertz CT molecular complexity index is 1040.